The van der Waals surface area contributed by atoms with Crippen LogP contribution in [0.2, 0.25) is 5.02 Å². The van der Waals surface area contributed by atoms with Crippen LogP contribution in [0.25, 0.3) is 17.4 Å². The molecule has 32 heavy (non-hydrogen) atoms. The zero-order valence-corrected chi connectivity index (χ0v) is 17.9. The van der Waals surface area contributed by atoms with E-state index in [1.54, 1.807) is 54.6 Å². The molecule has 0 unspecified atom stereocenters. The fourth-order valence-electron chi connectivity index (χ4n) is 3.31. The first-order valence-electron chi connectivity index (χ1n) is 9.45. The lowest BCUT2D eigenvalue weighted by Gasteiger charge is -2.14. The Morgan fingerprint density at radius 2 is 1.84 bits per heavy atom. The number of hydrogen-bond acceptors (Lipinski definition) is 7. The van der Waals surface area contributed by atoms with Gasteiger partial charge in [-0.3, -0.25) is 14.5 Å². The first kappa shape index (κ1) is 20.2. The lowest BCUT2D eigenvalue weighted by molar-refractivity contribution is -0.123. The number of halogens is 1. The van der Waals surface area contributed by atoms with Crippen LogP contribution in [0.5, 0.6) is 11.5 Å². The highest BCUT2D eigenvalue weighted by atomic mass is 35.5. The quantitative estimate of drug-likeness (QED) is 0.475. The third kappa shape index (κ3) is 3.73. The van der Waals surface area contributed by atoms with Crippen LogP contribution in [0.1, 0.15) is 16.9 Å². The maximum atomic E-state index is 12.9. The monoisotopic (exact) mass is 464 g/mol. The lowest BCUT2D eigenvalue weighted by atomic mass is 10.1. The number of hydrogen-bond donors (Lipinski definition) is 0. The van der Waals surface area contributed by atoms with Gasteiger partial charge in [0, 0.05) is 22.7 Å². The van der Waals surface area contributed by atoms with Crippen molar-refractivity contribution in [2.45, 2.75) is 6.54 Å². The van der Waals surface area contributed by atoms with E-state index in [1.165, 1.54) is 0 Å². The molecular weight excluding hydrogens is 452 g/mol. The molecule has 0 bridgehead atoms. The Kier molecular flexibility index (Phi) is 5.13. The molecule has 0 radical (unpaired) electrons. The van der Waals surface area contributed by atoms with Crippen molar-refractivity contribution in [3.05, 3.63) is 75.3 Å². The van der Waals surface area contributed by atoms with Gasteiger partial charge in [-0.05, 0) is 59.8 Å². The van der Waals surface area contributed by atoms with Crippen molar-refractivity contribution in [3.8, 4) is 28.9 Å². The largest absolute Gasteiger partial charge is 0.457 e. The maximum Gasteiger partial charge on any atom is 0.293 e. The van der Waals surface area contributed by atoms with Crippen LogP contribution in [0.4, 0.5) is 4.79 Å². The molecule has 0 atom stereocenters. The second-order valence-electron chi connectivity index (χ2n) is 6.96. The number of furan rings is 1. The summed E-state index contributed by atoms with van der Waals surface area (Å²) in [7, 11) is 0. The average molecular weight is 465 g/mol. The zero-order chi connectivity index (χ0) is 22.2. The Morgan fingerprint density at radius 1 is 1.09 bits per heavy atom. The van der Waals surface area contributed by atoms with E-state index in [4.69, 9.17) is 30.8 Å². The van der Waals surface area contributed by atoms with E-state index in [0.29, 0.717) is 39.2 Å². The van der Waals surface area contributed by atoms with Crippen LogP contribution >= 0.6 is 23.4 Å². The molecule has 3 aromatic rings. The van der Waals surface area contributed by atoms with E-state index in [9.17, 15) is 9.59 Å². The summed E-state index contributed by atoms with van der Waals surface area (Å²) in [4.78, 5) is 26.7. The summed E-state index contributed by atoms with van der Waals surface area (Å²) < 4.78 is 16.4. The number of amides is 2. The van der Waals surface area contributed by atoms with Gasteiger partial charge in [0.1, 0.15) is 11.5 Å². The molecule has 2 aromatic carbocycles. The summed E-state index contributed by atoms with van der Waals surface area (Å²) in [6.07, 6.45) is 1.54. The van der Waals surface area contributed by atoms with Crippen LogP contribution in [0.3, 0.4) is 0 Å². The highest BCUT2D eigenvalue weighted by Gasteiger charge is 2.36. The Labute approximate surface area is 191 Å². The molecule has 1 aromatic heterocycles. The molecule has 5 rings (SSSR count). The van der Waals surface area contributed by atoms with Crippen molar-refractivity contribution < 1.29 is 23.5 Å². The Bertz CT molecular complexity index is 1320. The molecule has 2 aliphatic rings. The summed E-state index contributed by atoms with van der Waals surface area (Å²) >= 11 is 7.13. The summed E-state index contributed by atoms with van der Waals surface area (Å²) in [6, 6.07) is 15.8. The molecule has 1 saturated heterocycles. The van der Waals surface area contributed by atoms with Crippen molar-refractivity contribution in [2.75, 3.05) is 6.79 Å². The zero-order valence-electron chi connectivity index (χ0n) is 16.3. The summed E-state index contributed by atoms with van der Waals surface area (Å²) in [5, 5.41) is 8.90. The molecule has 0 spiro atoms. The second-order valence-corrected chi connectivity index (χ2v) is 8.36. The number of imide groups is 1. The van der Waals surface area contributed by atoms with Gasteiger partial charge >= 0.3 is 0 Å². The van der Waals surface area contributed by atoms with E-state index in [2.05, 4.69) is 6.07 Å². The van der Waals surface area contributed by atoms with Gasteiger partial charge in [0.15, 0.2) is 11.5 Å². The highest BCUT2D eigenvalue weighted by molar-refractivity contribution is 8.18. The maximum absolute atomic E-state index is 12.9. The van der Waals surface area contributed by atoms with Crippen LogP contribution in [0.15, 0.2) is 57.9 Å². The SMILES string of the molecule is N#Cc1ccc(-c2ccc(/C=C3/SC(=O)N(Cc4cc5c(cc4Cl)OCO5)C3=O)o2)cc1. The molecule has 2 amide bonds. The third-order valence-corrected chi connectivity index (χ3v) is 6.20. The molecule has 158 valence electrons. The van der Waals surface area contributed by atoms with Crippen LogP contribution in [-0.2, 0) is 11.3 Å². The molecule has 2 aliphatic heterocycles. The highest BCUT2D eigenvalue weighted by Crippen LogP contribution is 2.39. The Balaban J connectivity index is 1.35. The minimum Gasteiger partial charge on any atom is -0.457 e. The van der Waals surface area contributed by atoms with E-state index < -0.39 is 11.1 Å². The topological polar surface area (TPSA) is 92.8 Å². The number of benzene rings is 2. The van der Waals surface area contributed by atoms with Gasteiger partial charge in [0.2, 0.25) is 6.79 Å². The summed E-state index contributed by atoms with van der Waals surface area (Å²) in [5.74, 6) is 1.66. The molecule has 3 heterocycles. The van der Waals surface area contributed by atoms with Crippen molar-refractivity contribution in [3.63, 3.8) is 0 Å². The van der Waals surface area contributed by atoms with Crippen LogP contribution in [-0.4, -0.2) is 22.8 Å². The number of nitrogens with zero attached hydrogens (tertiary/aromatic N) is 2. The predicted octanol–water partition coefficient (Wildman–Crippen LogP) is 5.44. The fourth-order valence-corrected chi connectivity index (χ4v) is 4.34. The second kappa shape index (κ2) is 8.11. The van der Waals surface area contributed by atoms with E-state index >= 15 is 0 Å². The number of rotatable bonds is 4. The smallest absolute Gasteiger partial charge is 0.293 e. The van der Waals surface area contributed by atoms with Gasteiger partial charge in [0.05, 0.1) is 23.1 Å². The fraction of sp³-hybridized carbons (Fsp3) is 0.0870. The van der Waals surface area contributed by atoms with Crippen molar-refractivity contribution in [1.82, 2.24) is 4.90 Å². The molecule has 1 fully saturated rings. The van der Waals surface area contributed by atoms with Crippen molar-refractivity contribution in [2.24, 2.45) is 0 Å². The van der Waals surface area contributed by atoms with Crippen LogP contribution in [0, 0.1) is 11.3 Å². The number of carbonyl (C=O) groups is 2. The third-order valence-electron chi connectivity index (χ3n) is 4.94. The van der Waals surface area contributed by atoms with Crippen molar-refractivity contribution >= 4 is 40.6 Å². The van der Waals surface area contributed by atoms with E-state index in [1.807, 2.05) is 0 Å². The normalized spacial score (nSPS) is 16.1. The minimum atomic E-state index is -0.426. The molecule has 0 saturated carbocycles. The molecule has 9 heteroatoms. The van der Waals surface area contributed by atoms with Gasteiger partial charge in [-0.1, -0.05) is 11.6 Å². The molecule has 0 aliphatic carbocycles. The van der Waals surface area contributed by atoms with Crippen LogP contribution < -0.4 is 9.47 Å². The number of nitriles is 1. The summed E-state index contributed by atoms with van der Waals surface area (Å²) in [6.45, 7) is 0.124. The Hall–Kier alpha value is -3.67. The number of thioether (sulfide) groups is 1. The first-order valence-corrected chi connectivity index (χ1v) is 10.6. The number of carbonyl (C=O) groups excluding carboxylic acids is 2. The van der Waals surface area contributed by atoms with E-state index in [-0.39, 0.29) is 18.2 Å². The lowest BCUT2D eigenvalue weighted by Crippen LogP contribution is -2.27. The van der Waals surface area contributed by atoms with Crippen molar-refractivity contribution in [1.29, 1.82) is 5.26 Å². The predicted molar refractivity (Wildman–Crippen MR) is 118 cm³/mol. The van der Waals surface area contributed by atoms with Gasteiger partial charge < -0.3 is 13.9 Å². The Morgan fingerprint density at radius 3 is 2.59 bits per heavy atom. The number of ether oxygens (including phenoxy) is 2. The minimum absolute atomic E-state index is 0.0200. The standard InChI is InChI=1S/C23H13ClN2O5S/c24-17-9-20-19(29-12-30-20)7-15(17)11-26-22(27)21(32-23(26)28)8-16-5-6-18(31-16)14-3-1-13(10-25)2-4-14/h1-9H,11-12H2/b21-8+. The van der Waals surface area contributed by atoms with Gasteiger partial charge in [0.25, 0.3) is 11.1 Å². The molecule has 7 nitrogen and oxygen atoms in total. The summed E-state index contributed by atoms with van der Waals surface area (Å²) in [5.41, 5.74) is 1.94. The molecule has 0 N–H and O–H groups in total. The number of fused-ring (bicyclic) bond motifs is 1. The van der Waals surface area contributed by atoms with E-state index in [0.717, 1.165) is 22.2 Å². The molecular formula is C23H13ClN2O5S. The van der Waals surface area contributed by atoms with Gasteiger partial charge in [-0.25, -0.2) is 0 Å². The van der Waals surface area contributed by atoms with Gasteiger partial charge in [-0.15, -0.1) is 0 Å². The first-order chi connectivity index (χ1) is 15.5. The average Bonchev–Trinajstić information content (AvgIpc) is 3.51. The van der Waals surface area contributed by atoms with Gasteiger partial charge in [-0.2, -0.15) is 5.26 Å².